The molecule has 0 aliphatic rings. The zero-order chi connectivity index (χ0) is 9.84. The van der Waals surface area contributed by atoms with Crippen molar-refractivity contribution in [2.75, 3.05) is 0 Å². The molecule has 0 saturated heterocycles. The second-order valence-corrected chi connectivity index (χ2v) is 3.05. The highest BCUT2D eigenvalue weighted by Gasteiger charge is 2.14. The van der Waals surface area contributed by atoms with Gasteiger partial charge in [0, 0.05) is 17.3 Å². The molecule has 0 aliphatic heterocycles. The van der Waals surface area contributed by atoms with Crippen molar-refractivity contribution in [1.29, 1.82) is 0 Å². The lowest BCUT2D eigenvalue weighted by molar-refractivity contribution is 0.0915. The van der Waals surface area contributed by atoms with Crippen LogP contribution in [-0.2, 0) is 0 Å². The van der Waals surface area contributed by atoms with E-state index in [1.807, 2.05) is 0 Å². The highest BCUT2D eigenvalue weighted by Crippen LogP contribution is 2.06. The maximum atomic E-state index is 11.4. The molecule has 0 radical (unpaired) electrons. The van der Waals surface area contributed by atoms with Crippen LogP contribution in [0.15, 0.2) is 30.3 Å². The van der Waals surface area contributed by atoms with E-state index in [9.17, 15) is 4.79 Å². The van der Waals surface area contributed by atoms with Crippen LogP contribution >= 0.6 is 24.0 Å². The Bertz CT molecular complexity index is 328. The molecule has 0 saturated carbocycles. The summed E-state index contributed by atoms with van der Waals surface area (Å²) in [5, 5.41) is -0.157. The minimum Gasteiger partial charge on any atom is -0.375 e. The Morgan fingerprint density at radius 1 is 1.38 bits per heavy atom. The fourth-order valence-electron chi connectivity index (χ4n) is 0.794. The van der Waals surface area contributed by atoms with Crippen LogP contribution < -0.4 is 5.73 Å². The standard InChI is InChI=1S/C8H7ClN2OS/c9-11(8(10)13)7(12)6-4-2-1-3-5-6/h1-5H,(H2,10,13). The Morgan fingerprint density at radius 2 is 1.92 bits per heavy atom. The molecule has 0 fully saturated rings. The lowest BCUT2D eigenvalue weighted by Gasteiger charge is -2.10. The summed E-state index contributed by atoms with van der Waals surface area (Å²) in [5.74, 6) is -0.422. The summed E-state index contributed by atoms with van der Waals surface area (Å²) in [7, 11) is 0. The second-order valence-electron chi connectivity index (χ2n) is 2.29. The van der Waals surface area contributed by atoms with Crippen LogP contribution in [0.1, 0.15) is 10.4 Å². The molecule has 0 unspecified atom stereocenters. The lowest BCUT2D eigenvalue weighted by atomic mass is 10.2. The van der Waals surface area contributed by atoms with E-state index in [-0.39, 0.29) is 5.11 Å². The molecule has 0 atom stereocenters. The average Bonchev–Trinajstić information content (AvgIpc) is 2.17. The molecule has 1 aromatic rings. The van der Waals surface area contributed by atoms with Crippen molar-refractivity contribution < 1.29 is 4.79 Å². The van der Waals surface area contributed by atoms with Gasteiger partial charge >= 0.3 is 0 Å². The first kappa shape index (κ1) is 9.95. The van der Waals surface area contributed by atoms with E-state index in [0.29, 0.717) is 9.98 Å². The fourth-order valence-corrected chi connectivity index (χ4v) is 0.975. The van der Waals surface area contributed by atoms with Crippen LogP contribution in [0, 0.1) is 0 Å². The monoisotopic (exact) mass is 214 g/mol. The minimum absolute atomic E-state index is 0.157. The number of rotatable bonds is 1. The fraction of sp³-hybridized carbons (Fsp3) is 0. The summed E-state index contributed by atoms with van der Waals surface area (Å²) in [5.41, 5.74) is 5.63. The van der Waals surface area contributed by atoms with Crippen LogP contribution in [0.4, 0.5) is 0 Å². The number of thiocarbonyl (C=S) groups is 1. The Labute approximate surface area is 86.2 Å². The van der Waals surface area contributed by atoms with Crippen LogP contribution in [0.3, 0.4) is 0 Å². The van der Waals surface area contributed by atoms with E-state index >= 15 is 0 Å². The quantitative estimate of drug-likeness (QED) is 0.570. The van der Waals surface area contributed by atoms with Gasteiger partial charge in [0.1, 0.15) is 0 Å². The number of halogens is 1. The zero-order valence-electron chi connectivity index (χ0n) is 6.61. The zero-order valence-corrected chi connectivity index (χ0v) is 8.18. The number of hydrogen-bond donors (Lipinski definition) is 1. The number of hydrogen-bond acceptors (Lipinski definition) is 2. The number of nitrogens with zero attached hydrogens (tertiary/aromatic N) is 1. The molecule has 0 aliphatic carbocycles. The Balaban J connectivity index is 2.86. The van der Waals surface area contributed by atoms with Crippen LogP contribution in [-0.4, -0.2) is 15.4 Å². The predicted octanol–water partition coefficient (Wildman–Crippen LogP) is 1.53. The van der Waals surface area contributed by atoms with E-state index in [0.717, 1.165) is 0 Å². The normalized spacial score (nSPS) is 9.31. The van der Waals surface area contributed by atoms with Crippen molar-refractivity contribution in [3.63, 3.8) is 0 Å². The van der Waals surface area contributed by atoms with Gasteiger partial charge in [0.2, 0.25) is 0 Å². The highest BCUT2D eigenvalue weighted by molar-refractivity contribution is 7.80. The van der Waals surface area contributed by atoms with Crippen molar-refractivity contribution in [2.45, 2.75) is 0 Å². The molecule has 0 aromatic heterocycles. The number of benzene rings is 1. The van der Waals surface area contributed by atoms with Gasteiger partial charge in [-0.25, -0.2) is 0 Å². The van der Waals surface area contributed by atoms with E-state index in [1.54, 1.807) is 30.3 Å². The summed E-state index contributed by atoms with van der Waals surface area (Å²) in [6.07, 6.45) is 0. The summed E-state index contributed by atoms with van der Waals surface area (Å²) >= 11 is 10.1. The van der Waals surface area contributed by atoms with E-state index < -0.39 is 5.91 Å². The van der Waals surface area contributed by atoms with Crippen molar-refractivity contribution in [3.05, 3.63) is 35.9 Å². The van der Waals surface area contributed by atoms with Crippen molar-refractivity contribution in [3.8, 4) is 0 Å². The van der Waals surface area contributed by atoms with Crippen LogP contribution in [0.25, 0.3) is 0 Å². The molecule has 13 heavy (non-hydrogen) atoms. The molecule has 3 nitrogen and oxygen atoms in total. The molecule has 0 bridgehead atoms. The first-order chi connectivity index (χ1) is 6.13. The van der Waals surface area contributed by atoms with Gasteiger partial charge in [0.15, 0.2) is 5.11 Å². The SMILES string of the molecule is NC(=S)N(Cl)C(=O)c1ccccc1. The molecule has 5 heteroatoms. The van der Waals surface area contributed by atoms with Gasteiger partial charge in [-0.2, -0.15) is 4.42 Å². The maximum absolute atomic E-state index is 11.4. The third-order valence-corrected chi connectivity index (χ3v) is 2.01. The second kappa shape index (κ2) is 4.20. The number of amides is 1. The molecular weight excluding hydrogens is 208 g/mol. The molecule has 0 heterocycles. The van der Waals surface area contributed by atoms with Gasteiger partial charge < -0.3 is 5.73 Å². The first-order valence-corrected chi connectivity index (χ1v) is 4.22. The minimum atomic E-state index is -0.422. The van der Waals surface area contributed by atoms with Gasteiger partial charge in [-0.3, -0.25) is 4.79 Å². The molecule has 0 spiro atoms. The van der Waals surface area contributed by atoms with Gasteiger partial charge in [-0.05, 0) is 24.4 Å². The van der Waals surface area contributed by atoms with E-state index in [1.165, 1.54) is 0 Å². The molecule has 1 rings (SSSR count). The van der Waals surface area contributed by atoms with Crippen molar-refractivity contribution in [2.24, 2.45) is 5.73 Å². The van der Waals surface area contributed by atoms with E-state index in [2.05, 4.69) is 12.2 Å². The largest absolute Gasteiger partial charge is 0.375 e. The molecule has 1 aromatic carbocycles. The maximum Gasteiger partial charge on any atom is 0.274 e. The molecular formula is C8H7ClN2OS. The van der Waals surface area contributed by atoms with Crippen LogP contribution in [0.2, 0.25) is 0 Å². The topological polar surface area (TPSA) is 46.3 Å². The summed E-state index contributed by atoms with van der Waals surface area (Å²) in [6.45, 7) is 0. The van der Waals surface area contributed by atoms with Gasteiger partial charge in [-0.1, -0.05) is 18.2 Å². The predicted molar refractivity (Wildman–Crippen MR) is 55.2 cm³/mol. The Hall–Kier alpha value is -1.13. The van der Waals surface area contributed by atoms with Crippen LogP contribution in [0.5, 0.6) is 0 Å². The third-order valence-electron chi connectivity index (χ3n) is 1.39. The number of carbonyl (C=O) groups is 1. The summed E-state index contributed by atoms with van der Waals surface area (Å²) in [4.78, 5) is 11.4. The number of nitrogens with two attached hydrogens (primary N) is 1. The third kappa shape index (κ3) is 2.40. The summed E-state index contributed by atoms with van der Waals surface area (Å²) < 4.78 is 0.713. The Kier molecular flexibility index (Phi) is 3.22. The lowest BCUT2D eigenvalue weighted by Crippen LogP contribution is -2.32. The van der Waals surface area contributed by atoms with Crippen molar-refractivity contribution >= 4 is 35.0 Å². The van der Waals surface area contributed by atoms with Gasteiger partial charge in [-0.15, -0.1) is 0 Å². The molecule has 2 N–H and O–H groups in total. The molecule has 68 valence electrons. The highest BCUT2D eigenvalue weighted by atomic mass is 35.5. The van der Waals surface area contributed by atoms with Crippen molar-refractivity contribution in [1.82, 2.24) is 4.42 Å². The average molecular weight is 215 g/mol. The van der Waals surface area contributed by atoms with Gasteiger partial charge in [0.05, 0.1) is 0 Å². The Morgan fingerprint density at radius 3 is 2.38 bits per heavy atom. The number of carbonyl (C=O) groups excluding carboxylic acids is 1. The van der Waals surface area contributed by atoms with E-state index in [4.69, 9.17) is 17.5 Å². The summed E-state index contributed by atoms with van der Waals surface area (Å²) in [6, 6.07) is 8.54. The van der Waals surface area contributed by atoms with Gasteiger partial charge in [0.25, 0.3) is 5.91 Å². The smallest absolute Gasteiger partial charge is 0.274 e. The first-order valence-electron chi connectivity index (χ1n) is 3.47. The molecule has 1 amide bonds.